The highest BCUT2D eigenvalue weighted by atomic mass is 19.1. The van der Waals surface area contributed by atoms with Gasteiger partial charge in [-0.1, -0.05) is 12.1 Å². The first-order valence-corrected chi connectivity index (χ1v) is 8.90. The van der Waals surface area contributed by atoms with Gasteiger partial charge in [-0.15, -0.1) is 0 Å². The molecule has 0 spiro atoms. The van der Waals surface area contributed by atoms with Crippen molar-refractivity contribution in [1.82, 2.24) is 10.6 Å². The first-order chi connectivity index (χ1) is 13.3. The van der Waals surface area contributed by atoms with E-state index in [1.165, 1.54) is 31.2 Å². The number of hydrogen-bond donors (Lipinski definition) is 2. The zero-order valence-electron chi connectivity index (χ0n) is 16.0. The molecule has 148 valence electrons. The van der Waals surface area contributed by atoms with Gasteiger partial charge >= 0.3 is 12.0 Å². The van der Waals surface area contributed by atoms with Crippen LogP contribution in [0.5, 0.6) is 0 Å². The lowest BCUT2D eigenvalue weighted by atomic mass is 10.1. The smallest absolute Gasteiger partial charge is 0.338 e. The Hall–Kier alpha value is -3.22. The van der Waals surface area contributed by atoms with Crippen LogP contribution in [-0.4, -0.2) is 29.9 Å². The summed E-state index contributed by atoms with van der Waals surface area (Å²) in [5.41, 5.74) is 1.36. The zero-order valence-corrected chi connectivity index (χ0v) is 16.0. The predicted octanol–water partition coefficient (Wildman–Crippen LogP) is 3.46. The third-order valence-corrected chi connectivity index (χ3v) is 3.84. The summed E-state index contributed by atoms with van der Waals surface area (Å²) in [4.78, 5) is 36.1. The molecule has 0 fully saturated rings. The van der Waals surface area contributed by atoms with E-state index in [4.69, 9.17) is 4.74 Å². The molecule has 1 atom stereocenters. The van der Waals surface area contributed by atoms with Crippen LogP contribution in [0, 0.1) is 5.82 Å². The van der Waals surface area contributed by atoms with E-state index in [2.05, 4.69) is 10.6 Å². The number of esters is 1. The van der Waals surface area contributed by atoms with Gasteiger partial charge < -0.3 is 15.4 Å². The summed E-state index contributed by atoms with van der Waals surface area (Å²) in [5, 5.41) is 5.43. The van der Waals surface area contributed by atoms with Gasteiger partial charge in [0.25, 0.3) is 0 Å². The summed E-state index contributed by atoms with van der Waals surface area (Å²) in [6, 6.07) is 11.3. The normalized spacial score (nSPS) is 11.6. The molecule has 2 rings (SSSR count). The second-order valence-electron chi connectivity index (χ2n) is 6.60. The van der Waals surface area contributed by atoms with E-state index < -0.39 is 23.7 Å². The molecule has 2 aromatic rings. The minimum absolute atomic E-state index is 0.0387. The van der Waals surface area contributed by atoms with E-state index in [1.54, 1.807) is 24.3 Å². The van der Waals surface area contributed by atoms with Gasteiger partial charge in [0.1, 0.15) is 5.82 Å². The van der Waals surface area contributed by atoms with Crippen molar-refractivity contribution in [2.45, 2.75) is 39.5 Å². The molecule has 0 heterocycles. The fourth-order valence-electron chi connectivity index (χ4n) is 2.39. The van der Waals surface area contributed by atoms with E-state index >= 15 is 0 Å². The number of nitrogens with one attached hydrogen (secondary N) is 2. The van der Waals surface area contributed by atoms with Crippen molar-refractivity contribution >= 4 is 17.8 Å². The Kier molecular flexibility index (Phi) is 7.26. The van der Waals surface area contributed by atoms with Crippen LogP contribution in [0.2, 0.25) is 0 Å². The standard InChI is InChI=1S/C21H23FN2O4/c1-13(2)24-21(27)23-12-15-4-6-17(7-5-15)20(26)28-14(3)19(25)16-8-10-18(22)11-9-16/h4-11,13-14H,12H2,1-3H3,(H2,23,24,27)/t14-/m1/s1. The summed E-state index contributed by atoms with van der Waals surface area (Å²) < 4.78 is 18.1. The number of rotatable bonds is 7. The van der Waals surface area contributed by atoms with Crippen LogP contribution < -0.4 is 10.6 Å². The van der Waals surface area contributed by atoms with Crippen molar-refractivity contribution in [2.75, 3.05) is 0 Å². The molecule has 0 aromatic heterocycles. The monoisotopic (exact) mass is 386 g/mol. The van der Waals surface area contributed by atoms with Crippen LogP contribution in [0.15, 0.2) is 48.5 Å². The first-order valence-electron chi connectivity index (χ1n) is 8.90. The maximum absolute atomic E-state index is 12.9. The average Bonchev–Trinajstić information content (AvgIpc) is 2.66. The summed E-state index contributed by atoms with van der Waals surface area (Å²) in [6.45, 7) is 5.51. The Balaban J connectivity index is 1.90. The maximum Gasteiger partial charge on any atom is 0.338 e. The highest BCUT2D eigenvalue weighted by Gasteiger charge is 2.20. The Labute approximate surface area is 163 Å². The quantitative estimate of drug-likeness (QED) is 0.564. The van der Waals surface area contributed by atoms with Crippen molar-refractivity contribution in [3.63, 3.8) is 0 Å². The molecule has 0 aliphatic rings. The highest BCUT2D eigenvalue weighted by Crippen LogP contribution is 2.12. The second-order valence-corrected chi connectivity index (χ2v) is 6.60. The van der Waals surface area contributed by atoms with Crippen molar-refractivity contribution in [3.8, 4) is 0 Å². The minimum atomic E-state index is -1.00. The molecule has 0 bridgehead atoms. The van der Waals surface area contributed by atoms with E-state index in [0.29, 0.717) is 6.54 Å². The fraction of sp³-hybridized carbons (Fsp3) is 0.286. The second kappa shape index (κ2) is 9.64. The number of carbonyl (C=O) groups is 3. The van der Waals surface area contributed by atoms with Crippen molar-refractivity contribution in [2.24, 2.45) is 0 Å². The number of benzene rings is 2. The molecule has 2 amide bonds. The van der Waals surface area contributed by atoms with Crippen molar-refractivity contribution in [3.05, 3.63) is 71.0 Å². The van der Waals surface area contributed by atoms with Crippen LogP contribution in [0.4, 0.5) is 9.18 Å². The minimum Gasteiger partial charge on any atom is -0.451 e. The van der Waals surface area contributed by atoms with E-state index in [0.717, 1.165) is 5.56 Å². The molecule has 2 aromatic carbocycles. The van der Waals surface area contributed by atoms with E-state index in [1.807, 2.05) is 13.8 Å². The van der Waals surface area contributed by atoms with Gasteiger partial charge in [-0.25, -0.2) is 14.0 Å². The Morgan fingerprint density at radius 3 is 2.07 bits per heavy atom. The molecule has 28 heavy (non-hydrogen) atoms. The van der Waals surface area contributed by atoms with Crippen molar-refractivity contribution in [1.29, 1.82) is 0 Å². The van der Waals surface area contributed by atoms with Crippen LogP contribution in [0.1, 0.15) is 47.1 Å². The molecular formula is C21H23FN2O4. The summed E-state index contributed by atoms with van der Waals surface area (Å²) >= 11 is 0. The van der Waals surface area contributed by atoms with Gasteiger partial charge in [0, 0.05) is 18.2 Å². The van der Waals surface area contributed by atoms with Gasteiger partial charge in [-0.3, -0.25) is 4.79 Å². The molecule has 6 nitrogen and oxygen atoms in total. The van der Waals surface area contributed by atoms with Gasteiger partial charge in [0.2, 0.25) is 5.78 Å². The summed E-state index contributed by atoms with van der Waals surface area (Å²) in [6.07, 6.45) is -1.00. The lowest BCUT2D eigenvalue weighted by Crippen LogP contribution is -2.39. The first kappa shape index (κ1) is 21.1. The molecule has 7 heteroatoms. The summed E-state index contributed by atoms with van der Waals surface area (Å²) in [5.74, 6) is -1.50. The van der Waals surface area contributed by atoms with Gasteiger partial charge in [0.15, 0.2) is 6.10 Å². The van der Waals surface area contributed by atoms with Gasteiger partial charge in [-0.2, -0.15) is 0 Å². The van der Waals surface area contributed by atoms with Crippen LogP contribution in [0.3, 0.4) is 0 Å². The largest absolute Gasteiger partial charge is 0.451 e. The average molecular weight is 386 g/mol. The number of Topliss-reactive ketones (excluding diaryl/α,β-unsaturated/α-hetero) is 1. The molecule has 0 aliphatic carbocycles. The maximum atomic E-state index is 12.9. The molecule has 0 radical (unpaired) electrons. The zero-order chi connectivity index (χ0) is 20.7. The third-order valence-electron chi connectivity index (χ3n) is 3.84. The number of amides is 2. The van der Waals surface area contributed by atoms with Gasteiger partial charge in [0.05, 0.1) is 5.56 Å². The van der Waals surface area contributed by atoms with E-state index in [9.17, 15) is 18.8 Å². The number of urea groups is 1. The highest BCUT2D eigenvalue weighted by molar-refractivity contribution is 6.01. The number of carbonyl (C=O) groups excluding carboxylic acids is 3. The number of hydrogen-bond acceptors (Lipinski definition) is 4. The van der Waals surface area contributed by atoms with Gasteiger partial charge in [-0.05, 0) is 62.7 Å². The number of ether oxygens (including phenoxy) is 1. The summed E-state index contributed by atoms with van der Waals surface area (Å²) in [7, 11) is 0. The molecular weight excluding hydrogens is 363 g/mol. The SMILES string of the molecule is CC(C)NC(=O)NCc1ccc(C(=O)O[C@H](C)C(=O)c2ccc(F)cc2)cc1. The van der Waals surface area contributed by atoms with Crippen LogP contribution in [0.25, 0.3) is 0 Å². The lowest BCUT2D eigenvalue weighted by molar-refractivity contribution is 0.0318. The Morgan fingerprint density at radius 2 is 1.50 bits per heavy atom. The molecule has 0 saturated carbocycles. The molecule has 2 N–H and O–H groups in total. The van der Waals surface area contributed by atoms with Crippen LogP contribution >= 0.6 is 0 Å². The fourth-order valence-corrected chi connectivity index (χ4v) is 2.39. The van der Waals surface area contributed by atoms with E-state index in [-0.39, 0.29) is 23.2 Å². The lowest BCUT2D eigenvalue weighted by Gasteiger charge is -2.13. The number of ketones is 1. The third kappa shape index (κ3) is 6.19. The Bertz CT molecular complexity index is 832. The topological polar surface area (TPSA) is 84.5 Å². The predicted molar refractivity (Wildman–Crippen MR) is 103 cm³/mol. The Morgan fingerprint density at radius 1 is 0.929 bits per heavy atom. The number of halogens is 1. The molecule has 0 unspecified atom stereocenters. The van der Waals surface area contributed by atoms with Crippen LogP contribution in [-0.2, 0) is 11.3 Å². The molecule has 0 saturated heterocycles. The van der Waals surface area contributed by atoms with Crippen molar-refractivity contribution < 1.29 is 23.5 Å². The molecule has 0 aliphatic heterocycles.